The van der Waals surface area contributed by atoms with Crippen molar-refractivity contribution in [2.75, 3.05) is 0 Å². The Morgan fingerprint density at radius 3 is 1.44 bits per heavy atom. The van der Waals surface area contributed by atoms with Gasteiger partial charge in [-0.25, -0.2) is 5.15 Å². The number of nitrogens with one attached hydrogen (secondary N) is 1. The van der Waals surface area contributed by atoms with Crippen molar-refractivity contribution in [1.82, 2.24) is 5.15 Å². The quantitative estimate of drug-likeness (QED) is 0.471. The minimum absolute atomic E-state index is 1.12. The maximum absolute atomic E-state index is 8.79. The van der Waals surface area contributed by atoms with Crippen molar-refractivity contribution in [2.45, 2.75) is 38.9 Å². The molecule has 2 N–H and O–H groups in total. The largest absolute Gasteiger partial charge is 0.324 e. The Bertz CT molecular complexity index is 55.9. The van der Waals surface area contributed by atoms with Crippen LogP contribution in [0.4, 0.5) is 0 Å². The molecule has 0 aliphatic heterocycles. The molecule has 0 fully saturated rings. The van der Waals surface area contributed by atoms with Gasteiger partial charge < -0.3 is 5.21 Å². The molecular weight excluding hydrogens is 130 g/mol. The van der Waals surface area contributed by atoms with Gasteiger partial charge in [0.1, 0.15) is 0 Å². The molecule has 0 radical (unpaired) electrons. The molecule has 9 heavy (non-hydrogen) atoms. The summed E-state index contributed by atoms with van der Waals surface area (Å²) in [6.07, 6.45) is 0. The van der Waals surface area contributed by atoms with Crippen LogP contribution in [0.15, 0.2) is 0 Å². The first kappa shape index (κ1) is 9.14. The summed E-state index contributed by atoms with van der Waals surface area (Å²) >= 11 is 0. The van der Waals surface area contributed by atoms with Gasteiger partial charge in [0.05, 0.1) is 0 Å². The molecule has 0 aromatic heterocycles. The summed E-state index contributed by atoms with van der Waals surface area (Å²) in [6, 6.07) is 3.36. The first-order chi connectivity index (χ1) is 4.24. The second-order valence-electron chi connectivity index (χ2n) is 2.45. The molecule has 0 spiro atoms. The fourth-order valence-electron chi connectivity index (χ4n) is 0.987. The monoisotopic (exact) mass is 147 g/mol. The minimum Gasteiger partial charge on any atom is -0.324 e. The highest BCUT2D eigenvalue weighted by Crippen LogP contribution is 2.14. The molecule has 0 aliphatic carbocycles. The molecule has 0 unspecified atom stereocenters. The second-order valence-corrected chi connectivity index (χ2v) is 7.36. The summed E-state index contributed by atoms with van der Waals surface area (Å²) in [6.45, 7) is 6.42. The van der Waals surface area contributed by atoms with Crippen molar-refractivity contribution in [3.8, 4) is 0 Å². The van der Waals surface area contributed by atoms with Gasteiger partial charge in [0.25, 0.3) is 0 Å². The van der Waals surface area contributed by atoms with Gasteiger partial charge in [0.2, 0.25) is 0 Å². The van der Waals surface area contributed by atoms with Crippen LogP contribution in [0.25, 0.3) is 0 Å². The molecule has 0 aromatic rings. The zero-order valence-corrected chi connectivity index (χ0v) is 7.57. The van der Waals surface area contributed by atoms with E-state index in [2.05, 4.69) is 25.9 Å². The lowest BCUT2D eigenvalue weighted by atomic mass is 10.9. The summed E-state index contributed by atoms with van der Waals surface area (Å²) in [5.74, 6) is 0. The van der Waals surface area contributed by atoms with Crippen LogP contribution >= 0.6 is 0 Å². The van der Waals surface area contributed by atoms with Crippen LogP contribution in [0.2, 0.25) is 18.1 Å². The van der Waals surface area contributed by atoms with E-state index in [-0.39, 0.29) is 0 Å². The van der Waals surface area contributed by atoms with Gasteiger partial charge in [0.15, 0.2) is 8.24 Å². The van der Waals surface area contributed by atoms with Crippen molar-refractivity contribution in [3.05, 3.63) is 0 Å². The molecular formula is C6H17NOSi. The first-order valence-electron chi connectivity index (χ1n) is 3.66. The highest BCUT2D eigenvalue weighted by molar-refractivity contribution is 6.76. The maximum Gasteiger partial charge on any atom is 0.155 e. The summed E-state index contributed by atoms with van der Waals surface area (Å²) in [4.78, 5) is 0. The van der Waals surface area contributed by atoms with E-state index in [1.807, 2.05) is 0 Å². The Morgan fingerprint density at radius 2 is 1.44 bits per heavy atom. The lowest BCUT2D eigenvalue weighted by Crippen LogP contribution is -2.46. The Balaban J connectivity index is 3.82. The normalized spacial score (nSPS) is 12.0. The van der Waals surface area contributed by atoms with Crippen LogP contribution in [-0.4, -0.2) is 13.4 Å². The van der Waals surface area contributed by atoms with E-state index in [9.17, 15) is 0 Å². The van der Waals surface area contributed by atoms with Crippen LogP contribution in [0.1, 0.15) is 20.8 Å². The molecule has 0 rings (SSSR count). The molecule has 3 heteroatoms. The molecule has 0 saturated carbocycles. The third-order valence-electron chi connectivity index (χ3n) is 2.27. The SMILES string of the molecule is CC[Si](CC)(CC)NO. The van der Waals surface area contributed by atoms with E-state index in [0.717, 1.165) is 18.1 Å². The Kier molecular flexibility index (Phi) is 4.09. The van der Waals surface area contributed by atoms with Crippen molar-refractivity contribution in [2.24, 2.45) is 0 Å². The fraction of sp³-hybridized carbons (Fsp3) is 1.00. The summed E-state index contributed by atoms with van der Waals surface area (Å²) in [7, 11) is -1.39. The van der Waals surface area contributed by atoms with E-state index >= 15 is 0 Å². The molecule has 0 atom stereocenters. The van der Waals surface area contributed by atoms with Crippen LogP contribution in [0.5, 0.6) is 0 Å². The van der Waals surface area contributed by atoms with E-state index < -0.39 is 8.24 Å². The highest BCUT2D eigenvalue weighted by Gasteiger charge is 2.25. The van der Waals surface area contributed by atoms with Gasteiger partial charge in [-0.2, -0.15) is 0 Å². The molecule has 0 aromatic carbocycles. The minimum atomic E-state index is -1.39. The van der Waals surface area contributed by atoms with Crippen molar-refractivity contribution < 1.29 is 5.21 Å². The van der Waals surface area contributed by atoms with E-state index in [0.29, 0.717) is 0 Å². The second kappa shape index (κ2) is 4.03. The number of hydrogen-bond acceptors (Lipinski definition) is 2. The van der Waals surface area contributed by atoms with Gasteiger partial charge in [-0.1, -0.05) is 20.8 Å². The Morgan fingerprint density at radius 1 is 1.11 bits per heavy atom. The topological polar surface area (TPSA) is 32.3 Å². The van der Waals surface area contributed by atoms with Gasteiger partial charge >= 0.3 is 0 Å². The molecule has 0 bridgehead atoms. The van der Waals surface area contributed by atoms with E-state index in [1.54, 1.807) is 0 Å². The lowest BCUT2D eigenvalue weighted by Gasteiger charge is -2.24. The Labute approximate surface area is 58.3 Å². The van der Waals surface area contributed by atoms with Crippen molar-refractivity contribution >= 4 is 8.24 Å². The zero-order valence-electron chi connectivity index (χ0n) is 6.57. The first-order valence-corrected chi connectivity index (χ1v) is 6.28. The van der Waals surface area contributed by atoms with E-state index in [4.69, 9.17) is 5.21 Å². The van der Waals surface area contributed by atoms with Gasteiger partial charge in [-0.3, -0.25) is 0 Å². The van der Waals surface area contributed by atoms with Crippen LogP contribution in [0.3, 0.4) is 0 Å². The van der Waals surface area contributed by atoms with Crippen molar-refractivity contribution in [1.29, 1.82) is 0 Å². The van der Waals surface area contributed by atoms with Gasteiger partial charge in [0, 0.05) is 0 Å². The van der Waals surface area contributed by atoms with Crippen LogP contribution in [-0.2, 0) is 0 Å². The standard InChI is InChI=1S/C6H17NOSi/c1-4-9(5-2,6-3)7-8/h7-8H,4-6H2,1-3H3. The molecule has 2 nitrogen and oxygen atoms in total. The predicted octanol–water partition coefficient (Wildman–Crippen LogP) is 1.97. The lowest BCUT2D eigenvalue weighted by molar-refractivity contribution is 0.233. The molecule has 0 aliphatic rings. The third kappa shape index (κ3) is 2.08. The highest BCUT2D eigenvalue weighted by atomic mass is 28.3. The van der Waals surface area contributed by atoms with Crippen LogP contribution < -0.4 is 5.15 Å². The third-order valence-corrected chi connectivity index (χ3v) is 6.80. The number of rotatable bonds is 4. The molecule has 0 heterocycles. The molecule has 56 valence electrons. The predicted molar refractivity (Wildman–Crippen MR) is 42.1 cm³/mol. The fourth-order valence-corrected chi connectivity index (χ4v) is 2.96. The average molecular weight is 147 g/mol. The van der Waals surface area contributed by atoms with Gasteiger partial charge in [-0.15, -0.1) is 0 Å². The maximum atomic E-state index is 8.79. The van der Waals surface area contributed by atoms with Crippen LogP contribution in [0, 0.1) is 0 Å². The van der Waals surface area contributed by atoms with E-state index in [1.165, 1.54) is 0 Å². The van der Waals surface area contributed by atoms with Crippen molar-refractivity contribution in [3.63, 3.8) is 0 Å². The summed E-state index contributed by atoms with van der Waals surface area (Å²) in [5.41, 5.74) is 0. The average Bonchev–Trinajstić information content (AvgIpc) is 1.95. The molecule has 0 amide bonds. The smallest absolute Gasteiger partial charge is 0.155 e. The van der Waals surface area contributed by atoms with Gasteiger partial charge in [-0.05, 0) is 18.1 Å². The summed E-state index contributed by atoms with van der Waals surface area (Å²) < 4.78 is 0. The number of hydrogen-bond donors (Lipinski definition) is 2. The summed E-state index contributed by atoms with van der Waals surface area (Å²) in [5, 5.41) is 11.3. The Hall–Kier alpha value is 0.137. The molecule has 0 saturated heterocycles. The zero-order chi connectivity index (χ0) is 7.33.